The molecule has 1 fully saturated rings. The number of hydrogen-bond donors (Lipinski definition) is 1. The van der Waals surface area contributed by atoms with Gasteiger partial charge in [0.25, 0.3) is 0 Å². The van der Waals surface area contributed by atoms with Gasteiger partial charge >= 0.3 is 0 Å². The van der Waals surface area contributed by atoms with Gasteiger partial charge in [-0.25, -0.2) is 0 Å². The van der Waals surface area contributed by atoms with Gasteiger partial charge in [-0.05, 0) is 46.0 Å². The number of rotatable bonds is 5. The van der Waals surface area contributed by atoms with Crippen molar-refractivity contribution in [3.8, 4) is 0 Å². The minimum Gasteiger partial charge on any atom is -0.382 e. The number of nitrogens with one attached hydrogen (secondary N) is 1. The molecule has 0 unspecified atom stereocenters. The Labute approximate surface area is 110 Å². The van der Waals surface area contributed by atoms with Crippen LogP contribution in [0.15, 0.2) is 24.3 Å². The van der Waals surface area contributed by atoms with E-state index in [0.717, 1.165) is 6.61 Å². The average molecular weight is 248 g/mol. The van der Waals surface area contributed by atoms with Crippen molar-refractivity contribution in [2.24, 2.45) is 0 Å². The summed E-state index contributed by atoms with van der Waals surface area (Å²) in [6.45, 7) is 5.87. The molecular formula is C15H24N2O. The molecule has 1 aromatic rings. The van der Waals surface area contributed by atoms with Gasteiger partial charge in [-0.3, -0.25) is 0 Å². The highest BCUT2D eigenvalue weighted by atomic mass is 16.5. The zero-order valence-electron chi connectivity index (χ0n) is 11.5. The second kappa shape index (κ2) is 6.76. The summed E-state index contributed by atoms with van der Waals surface area (Å²) in [6.07, 6.45) is 2.44. The van der Waals surface area contributed by atoms with Crippen LogP contribution in [0, 0.1) is 0 Å². The molecule has 100 valence electrons. The molecular weight excluding hydrogens is 224 g/mol. The van der Waals surface area contributed by atoms with Crippen molar-refractivity contribution >= 4 is 5.69 Å². The van der Waals surface area contributed by atoms with Crippen molar-refractivity contribution in [2.45, 2.75) is 32.4 Å². The molecule has 1 aliphatic heterocycles. The number of hydrogen-bond acceptors (Lipinski definition) is 3. The van der Waals surface area contributed by atoms with E-state index in [9.17, 15) is 0 Å². The minimum absolute atomic E-state index is 0.601. The largest absolute Gasteiger partial charge is 0.382 e. The Bertz CT molecular complexity index is 359. The average Bonchev–Trinajstić information content (AvgIpc) is 2.40. The number of piperidine rings is 1. The Morgan fingerprint density at radius 1 is 1.28 bits per heavy atom. The van der Waals surface area contributed by atoms with Crippen LogP contribution >= 0.6 is 0 Å². The Hall–Kier alpha value is -1.06. The Morgan fingerprint density at radius 3 is 2.72 bits per heavy atom. The fourth-order valence-corrected chi connectivity index (χ4v) is 2.37. The lowest BCUT2D eigenvalue weighted by Crippen LogP contribution is -2.36. The van der Waals surface area contributed by atoms with Crippen molar-refractivity contribution in [3.05, 3.63) is 29.8 Å². The van der Waals surface area contributed by atoms with Crippen LogP contribution in [-0.4, -0.2) is 37.7 Å². The predicted molar refractivity (Wildman–Crippen MR) is 75.9 cm³/mol. The van der Waals surface area contributed by atoms with E-state index in [0.29, 0.717) is 12.6 Å². The first-order valence-corrected chi connectivity index (χ1v) is 6.90. The van der Waals surface area contributed by atoms with E-state index in [1.54, 1.807) is 0 Å². The third kappa shape index (κ3) is 3.72. The highest BCUT2D eigenvalue weighted by Gasteiger charge is 2.17. The normalized spacial score (nSPS) is 17.9. The van der Waals surface area contributed by atoms with E-state index in [4.69, 9.17) is 4.74 Å². The highest BCUT2D eigenvalue weighted by Crippen LogP contribution is 2.20. The minimum atomic E-state index is 0.601. The molecule has 3 heteroatoms. The van der Waals surface area contributed by atoms with Gasteiger partial charge in [-0.2, -0.15) is 0 Å². The van der Waals surface area contributed by atoms with Crippen molar-refractivity contribution < 1.29 is 4.74 Å². The lowest BCUT2D eigenvalue weighted by atomic mass is 10.0. The molecule has 18 heavy (non-hydrogen) atoms. The Morgan fingerprint density at radius 2 is 2.00 bits per heavy atom. The second-order valence-corrected chi connectivity index (χ2v) is 5.02. The number of anilines is 1. The second-order valence-electron chi connectivity index (χ2n) is 5.02. The van der Waals surface area contributed by atoms with Gasteiger partial charge in [0.1, 0.15) is 0 Å². The maximum Gasteiger partial charge on any atom is 0.0736 e. The molecule has 0 amide bonds. The van der Waals surface area contributed by atoms with Crippen LogP contribution in [0.4, 0.5) is 5.69 Å². The van der Waals surface area contributed by atoms with Crippen molar-refractivity contribution in [2.75, 3.05) is 32.1 Å². The summed E-state index contributed by atoms with van der Waals surface area (Å²) >= 11 is 0. The van der Waals surface area contributed by atoms with E-state index in [1.807, 2.05) is 6.92 Å². The standard InChI is InChI=1S/C15H24N2O/c1-3-18-12-13-6-4-5-7-15(13)16-14-8-10-17(2)11-9-14/h4-7,14,16H,3,8-12H2,1-2H3. The highest BCUT2D eigenvalue weighted by molar-refractivity contribution is 5.51. The zero-order chi connectivity index (χ0) is 12.8. The maximum absolute atomic E-state index is 5.52. The van der Waals surface area contributed by atoms with Crippen molar-refractivity contribution in [1.29, 1.82) is 0 Å². The smallest absolute Gasteiger partial charge is 0.0736 e. The van der Waals surface area contributed by atoms with Crippen LogP contribution in [0.3, 0.4) is 0 Å². The number of para-hydroxylation sites is 1. The molecule has 1 saturated heterocycles. The first-order valence-electron chi connectivity index (χ1n) is 6.90. The van der Waals surface area contributed by atoms with Gasteiger partial charge in [-0.1, -0.05) is 18.2 Å². The van der Waals surface area contributed by atoms with Crippen LogP contribution < -0.4 is 5.32 Å². The SMILES string of the molecule is CCOCc1ccccc1NC1CCN(C)CC1. The van der Waals surface area contributed by atoms with Crippen molar-refractivity contribution in [1.82, 2.24) is 4.90 Å². The van der Waals surface area contributed by atoms with E-state index >= 15 is 0 Å². The molecule has 0 aromatic heterocycles. The molecule has 0 aliphatic carbocycles. The van der Waals surface area contributed by atoms with Crippen LogP contribution in [0.25, 0.3) is 0 Å². The molecule has 3 nitrogen and oxygen atoms in total. The van der Waals surface area contributed by atoms with E-state index in [2.05, 4.69) is 41.5 Å². The molecule has 1 N–H and O–H groups in total. The Balaban J connectivity index is 1.95. The zero-order valence-corrected chi connectivity index (χ0v) is 11.5. The van der Waals surface area contributed by atoms with E-state index in [-0.39, 0.29) is 0 Å². The third-order valence-corrected chi connectivity index (χ3v) is 3.56. The first-order chi connectivity index (χ1) is 8.79. The molecule has 1 heterocycles. The fourth-order valence-electron chi connectivity index (χ4n) is 2.37. The van der Waals surface area contributed by atoms with E-state index < -0.39 is 0 Å². The van der Waals surface area contributed by atoms with Crippen LogP contribution in [0.5, 0.6) is 0 Å². The number of likely N-dealkylation sites (tertiary alicyclic amines) is 1. The Kier molecular flexibility index (Phi) is 5.02. The summed E-state index contributed by atoms with van der Waals surface area (Å²) in [5.74, 6) is 0. The summed E-state index contributed by atoms with van der Waals surface area (Å²) in [6, 6.07) is 9.07. The molecule has 1 aliphatic rings. The van der Waals surface area contributed by atoms with Gasteiger partial charge in [-0.15, -0.1) is 0 Å². The summed E-state index contributed by atoms with van der Waals surface area (Å²) in [5.41, 5.74) is 2.50. The molecule has 2 rings (SSSR count). The summed E-state index contributed by atoms with van der Waals surface area (Å²) in [7, 11) is 2.19. The van der Waals surface area contributed by atoms with Crippen molar-refractivity contribution in [3.63, 3.8) is 0 Å². The summed E-state index contributed by atoms with van der Waals surface area (Å²) in [4.78, 5) is 2.39. The third-order valence-electron chi connectivity index (χ3n) is 3.56. The lowest BCUT2D eigenvalue weighted by Gasteiger charge is -2.30. The quantitative estimate of drug-likeness (QED) is 0.867. The van der Waals surface area contributed by atoms with Gasteiger partial charge in [0.05, 0.1) is 6.61 Å². The van der Waals surface area contributed by atoms with Gasteiger partial charge < -0.3 is 15.0 Å². The number of benzene rings is 1. The van der Waals surface area contributed by atoms with Crippen LogP contribution in [0.1, 0.15) is 25.3 Å². The maximum atomic E-state index is 5.52. The fraction of sp³-hybridized carbons (Fsp3) is 0.600. The summed E-state index contributed by atoms with van der Waals surface area (Å²) in [5, 5.41) is 3.67. The van der Waals surface area contributed by atoms with Gasteiger partial charge in [0.2, 0.25) is 0 Å². The first kappa shape index (κ1) is 13.4. The molecule has 1 aromatic carbocycles. The molecule has 0 bridgehead atoms. The lowest BCUT2D eigenvalue weighted by molar-refractivity contribution is 0.134. The number of ether oxygens (including phenoxy) is 1. The topological polar surface area (TPSA) is 24.5 Å². The van der Waals surface area contributed by atoms with E-state index in [1.165, 1.54) is 37.2 Å². The van der Waals surface area contributed by atoms with Gasteiger partial charge in [0.15, 0.2) is 0 Å². The molecule has 0 saturated carbocycles. The monoisotopic (exact) mass is 248 g/mol. The van der Waals surface area contributed by atoms with Gasteiger partial charge in [0, 0.05) is 23.9 Å². The summed E-state index contributed by atoms with van der Waals surface area (Å²) < 4.78 is 5.52. The number of nitrogens with zero attached hydrogens (tertiary/aromatic N) is 1. The molecule has 0 spiro atoms. The van der Waals surface area contributed by atoms with Crippen LogP contribution in [0.2, 0.25) is 0 Å². The molecule has 0 radical (unpaired) electrons. The predicted octanol–water partition coefficient (Wildman–Crippen LogP) is 2.73. The van der Waals surface area contributed by atoms with Crippen LogP contribution in [-0.2, 0) is 11.3 Å². The molecule has 0 atom stereocenters.